The van der Waals surface area contributed by atoms with Gasteiger partial charge in [0.15, 0.2) is 0 Å². The number of thiophene rings is 2. The maximum absolute atomic E-state index is 3.90. The molecule has 0 radical (unpaired) electrons. The highest BCUT2D eigenvalue weighted by Gasteiger charge is 2.20. The SMILES string of the molecule is Brc1cc(N(c2ccccc2)c2cccc3c2sc2ccccc23)cc2c1sc1ccccc12. The summed E-state index contributed by atoms with van der Waals surface area (Å²) in [6, 6.07) is 39.3. The summed E-state index contributed by atoms with van der Waals surface area (Å²) in [4.78, 5) is 2.40. The van der Waals surface area contributed by atoms with Crippen molar-refractivity contribution < 1.29 is 0 Å². The van der Waals surface area contributed by atoms with Crippen LogP contribution in [-0.4, -0.2) is 0 Å². The fourth-order valence-electron chi connectivity index (χ4n) is 4.81. The Balaban J connectivity index is 1.55. The van der Waals surface area contributed by atoms with Gasteiger partial charge in [0.1, 0.15) is 0 Å². The summed E-state index contributed by atoms with van der Waals surface area (Å²) in [5.74, 6) is 0. The molecule has 2 heterocycles. The highest BCUT2D eigenvalue weighted by Crippen LogP contribution is 2.47. The minimum absolute atomic E-state index is 1.13. The molecule has 1 nitrogen and oxygen atoms in total. The van der Waals surface area contributed by atoms with Crippen molar-refractivity contribution in [3.63, 3.8) is 0 Å². The van der Waals surface area contributed by atoms with Crippen LogP contribution in [0.25, 0.3) is 40.3 Å². The summed E-state index contributed by atoms with van der Waals surface area (Å²) in [5.41, 5.74) is 3.51. The number of fused-ring (bicyclic) bond motifs is 6. The van der Waals surface area contributed by atoms with E-state index in [1.807, 2.05) is 22.7 Å². The van der Waals surface area contributed by atoms with Crippen LogP contribution in [0.5, 0.6) is 0 Å². The van der Waals surface area contributed by atoms with Gasteiger partial charge in [-0.25, -0.2) is 0 Å². The molecule has 0 aliphatic rings. The number of hydrogen-bond acceptors (Lipinski definition) is 3. The van der Waals surface area contributed by atoms with Crippen molar-refractivity contribution >= 4 is 96.0 Å². The molecule has 7 rings (SSSR count). The van der Waals surface area contributed by atoms with Crippen LogP contribution in [0.3, 0.4) is 0 Å². The number of rotatable bonds is 3. The summed E-state index contributed by atoms with van der Waals surface area (Å²) in [6.07, 6.45) is 0. The van der Waals surface area contributed by atoms with Gasteiger partial charge >= 0.3 is 0 Å². The predicted molar refractivity (Wildman–Crippen MR) is 155 cm³/mol. The van der Waals surface area contributed by atoms with E-state index >= 15 is 0 Å². The smallest absolute Gasteiger partial charge is 0.0640 e. The zero-order valence-electron chi connectivity index (χ0n) is 18.0. The maximum atomic E-state index is 3.90. The molecule has 0 saturated carbocycles. The van der Waals surface area contributed by atoms with Gasteiger partial charge in [-0.2, -0.15) is 0 Å². The van der Waals surface area contributed by atoms with Crippen LogP contribution in [0, 0.1) is 0 Å². The lowest BCUT2D eigenvalue weighted by Crippen LogP contribution is -2.10. The monoisotopic (exact) mass is 535 g/mol. The van der Waals surface area contributed by atoms with Crippen molar-refractivity contribution in [3.05, 3.63) is 114 Å². The molecule has 5 aromatic carbocycles. The van der Waals surface area contributed by atoms with Crippen molar-refractivity contribution in [3.8, 4) is 0 Å². The molecule has 0 spiro atoms. The molecule has 0 saturated heterocycles. The quantitative estimate of drug-likeness (QED) is 0.217. The summed E-state index contributed by atoms with van der Waals surface area (Å²) >= 11 is 7.61. The average Bonchev–Trinajstić information content (AvgIpc) is 3.45. The Labute approximate surface area is 213 Å². The molecular formula is C30H18BrNS2. The minimum Gasteiger partial charge on any atom is -0.309 e. The standard InChI is InChI=1S/C30H18BrNS2/c31-25-18-20(17-24-22-12-5-7-16-28(22)33-29(24)25)32(19-9-2-1-3-10-19)26-14-8-13-23-21-11-4-6-15-27(21)34-30(23)26/h1-18H. The summed E-state index contributed by atoms with van der Waals surface area (Å²) in [6.45, 7) is 0. The molecule has 0 unspecified atom stereocenters. The van der Waals surface area contributed by atoms with Crippen LogP contribution >= 0.6 is 38.6 Å². The number of hydrogen-bond donors (Lipinski definition) is 0. The molecule has 2 aromatic heterocycles. The Morgan fingerprint density at radius 1 is 0.500 bits per heavy atom. The molecule has 0 amide bonds. The van der Waals surface area contributed by atoms with E-state index in [0.29, 0.717) is 0 Å². The third-order valence-corrected chi connectivity index (χ3v) is 9.63. The van der Waals surface area contributed by atoms with Gasteiger partial charge in [-0.05, 0) is 58.4 Å². The first-order valence-corrected chi connectivity index (χ1v) is 13.6. The van der Waals surface area contributed by atoms with E-state index in [1.165, 1.54) is 46.0 Å². The first-order valence-electron chi connectivity index (χ1n) is 11.1. The van der Waals surface area contributed by atoms with Crippen LogP contribution in [0.15, 0.2) is 114 Å². The van der Waals surface area contributed by atoms with Gasteiger partial charge in [0.2, 0.25) is 0 Å². The molecule has 0 aliphatic heterocycles. The van der Waals surface area contributed by atoms with Crippen molar-refractivity contribution in [2.24, 2.45) is 0 Å². The normalized spacial score (nSPS) is 11.7. The Bertz CT molecular complexity index is 1830. The number of para-hydroxylation sites is 1. The molecule has 0 aliphatic carbocycles. The molecule has 0 bridgehead atoms. The first kappa shape index (κ1) is 20.2. The lowest BCUT2D eigenvalue weighted by atomic mass is 10.1. The van der Waals surface area contributed by atoms with Gasteiger partial charge in [-0.3, -0.25) is 0 Å². The molecular weight excluding hydrogens is 518 g/mol. The molecule has 162 valence electrons. The van der Waals surface area contributed by atoms with E-state index in [4.69, 9.17) is 0 Å². The fraction of sp³-hybridized carbons (Fsp3) is 0. The Morgan fingerprint density at radius 2 is 1.12 bits per heavy atom. The van der Waals surface area contributed by atoms with E-state index in [2.05, 4.69) is 130 Å². The van der Waals surface area contributed by atoms with Crippen LogP contribution in [0.4, 0.5) is 17.1 Å². The topological polar surface area (TPSA) is 3.24 Å². The third-order valence-electron chi connectivity index (χ3n) is 6.31. The molecule has 4 heteroatoms. The van der Waals surface area contributed by atoms with E-state index < -0.39 is 0 Å². The highest BCUT2D eigenvalue weighted by atomic mass is 79.9. The maximum Gasteiger partial charge on any atom is 0.0640 e. The number of halogens is 1. The zero-order valence-corrected chi connectivity index (χ0v) is 21.3. The third kappa shape index (κ3) is 3.10. The lowest BCUT2D eigenvalue weighted by molar-refractivity contribution is 1.31. The molecule has 0 fully saturated rings. The van der Waals surface area contributed by atoms with Crippen LogP contribution in [0.2, 0.25) is 0 Å². The van der Waals surface area contributed by atoms with E-state index in [0.717, 1.165) is 15.8 Å². The average molecular weight is 537 g/mol. The van der Waals surface area contributed by atoms with Gasteiger partial charge in [-0.15, -0.1) is 22.7 Å². The Hall–Kier alpha value is -3.18. The molecule has 0 N–H and O–H groups in total. The largest absolute Gasteiger partial charge is 0.309 e. The Morgan fingerprint density at radius 3 is 1.88 bits per heavy atom. The molecule has 0 atom stereocenters. The second-order valence-electron chi connectivity index (χ2n) is 8.33. The second kappa shape index (κ2) is 7.95. The first-order chi connectivity index (χ1) is 16.8. The van der Waals surface area contributed by atoms with Gasteiger partial charge in [-0.1, -0.05) is 66.7 Å². The van der Waals surface area contributed by atoms with Gasteiger partial charge in [0, 0.05) is 51.5 Å². The van der Waals surface area contributed by atoms with Crippen LogP contribution < -0.4 is 4.90 Å². The number of nitrogens with zero attached hydrogens (tertiary/aromatic N) is 1. The molecule has 34 heavy (non-hydrogen) atoms. The van der Waals surface area contributed by atoms with E-state index in [1.54, 1.807) is 0 Å². The zero-order chi connectivity index (χ0) is 22.6. The van der Waals surface area contributed by atoms with E-state index in [-0.39, 0.29) is 0 Å². The predicted octanol–water partition coefficient (Wildman–Crippen LogP) is 10.7. The fourth-order valence-corrected chi connectivity index (χ4v) is 7.80. The van der Waals surface area contributed by atoms with Crippen molar-refractivity contribution in [1.29, 1.82) is 0 Å². The van der Waals surface area contributed by atoms with Crippen molar-refractivity contribution in [2.75, 3.05) is 4.90 Å². The number of anilines is 3. The van der Waals surface area contributed by atoms with Crippen molar-refractivity contribution in [2.45, 2.75) is 0 Å². The van der Waals surface area contributed by atoms with Gasteiger partial charge < -0.3 is 4.90 Å². The second-order valence-corrected chi connectivity index (χ2v) is 11.3. The van der Waals surface area contributed by atoms with Crippen molar-refractivity contribution in [1.82, 2.24) is 0 Å². The highest BCUT2D eigenvalue weighted by molar-refractivity contribution is 9.10. The molecule has 7 aromatic rings. The van der Waals surface area contributed by atoms with E-state index in [9.17, 15) is 0 Å². The van der Waals surface area contributed by atoms with Crippen LogP contribution in [-0.2, 0) is 0 Å². The summed E-state index contributed by atoms with van der Waals surface area (Å²) < 4.78 is 6.36. The van der Waals surface area contributed by atoms with Gasteiger partial charge in [0.25, 0.3) is 0 Å². The van der Waals surface area contributed by atoms with Gasteiger partial charge in [0.05, 0.1) is 10.4 Å². The number of benzene rings is 5. The summed E-state index contributed by atoms with van der Waals surface area (Å²) in [7, 11) is 0. The summed E-state index contributed by atoms with van der Waals surface area (Å²) in [5, 5.41) is 5.21. The Kier molecular flexibility index (Phi) is 4.73. The lowest BCUT2D eigenvalue weighted by Gasteiger charge is -2.26. The van der Waals surface area contributed by atoms with Crippen LogP contribution in [0.1, 0.15) is 0 Å². The minimum atomic E-state index is 1.13.